The lowest BCUT2D eigenvalue weighted by Gasteiger charge is -2.17. The third kappa shape index (κ3) is 4.39. The molecule has 0 fully saturated rings. The highest BCUT2D eigenvalue weighted by Gasteiger charge is 2.18. The molecule has 0 radical (unpaired) electrons. The van der Waals surface area contributed by atoms with E-state index in [-0.39, 0.29) is 18.0 Å². The molecule has 0 aromatic heterocycles. The molecule has 0 aliphatic carbocycles. The summed E-state index contributed by atoms with van der Waals surface area (Å²) < 4.78 is 14.5. The second-order valence-electron chi connectivity index (χ2n) is 5.15. The zero-order valence-electron chi connectivity index (χ0n) is 12.8. The summed E-state index contributed by atoms with van der Waals surface area (Å²) in [6.07, 6.45) is 0. The zero-order valence-corrected chi connectivity index (χ0v) is 14.4. The molecular formula is C17H16BrFN2O2. The molecule has 120 valence electrons. The number of hydrogen-bond acceptors (Lipinski definition) is 2. The highest BCUT2D eigenvalue weighted by molar-refractivity contribution is 9.10. The highest BCUT2D eigenvalue weighted by atomic mass is 79.9. The first-order valence-electron chi connectivity index (χ1n) is 6.94. The molecule has 0 unspecified atom stereocenters. The van der Waals surface area contributed by atoms with Gasteiger partial charge in [-0.25, -0.2) is 4.39 Å². The van der Waals surface area contributed by atoms with Crippen LogP contribution in [0.5, 0.6) is 0 Å². The zero-order chi connectivity index (χ0) is 17.0. The number of anilines is 1. The minimum Gasteiger partial charge on any atom is -0.332 e. The molecule has 6 heteroatoms. The van der Waals surface area contributed by atoms with Gasteiger partial charge in [0, 0.05) is 17.2 Å². The van der Waals surface area contributed by atoms with Gasteiger partial charge in [-0.05, 0) is 42.8 Å². The Labute approximate surface area is 142 Å². The van der Waals surface area contributed by atoms with E-state index in [1.54, 1.807) is 12.1 Å². The number of amides is 2. The van der Waals surface area contributed by atoms with Crippen LogP contribution in [0.25, 0.3) is 0 Å². The molecule has 2 rings (SSSR count). The molecule has 0 atom stereocenters. The average molecular weight is 379 g/mol. The summed E-state index contributed by atoms with van der Waals surface area (Å²) in [4.78, 5) is 25.4. The van der Waals surface area contributed by atoms with Crippen LogP contribution in [-0.4, -0.2) is 30.3 Å². The van der Waals surface area contributed by atoms with E-state index < -0.39 is 11.7 Å². The third-order valence-corrected chi connectivity index (χ3v) is 3.79. The number of nitrogens with zero attached hydrogens (tertiary/aromatic N) is 1. The third-order valence-electron chi connectivity index (χ3n) is 3.29. The van der Waals surface area contributed by atoms with Crippen molar-refractivity contribution in [2.45, 2.75) is 6.92 Å². The second-order valence-corrected chi connectivity index (χ2v) is 6.06. The van der Waals surface area contributed by atoms with Crippen LogP contribution in [-0.2, 0) is 4.79 Å². The van der Waals surface area contributed by atoms with Crippen LogP contribution in [0.3, 0.4) is 0 Å². The van der Waals surface area contributed by atoms with Gasteiger partial charge in [-0.1, -0.05) is 28.1 Å². The van der Waals surface area contributed by atoms with E-state index in [0.29, 0.717) is 5.69 Å². The quantitative estimate of drug-likeness (QED) is 0.883. The summed E-state index contributed by atoms with van der Waals surface area (Å²) in [5, 5.41) is 2.74. The minimum absolute atomic E-state index is 0.0531. The van der Waals surface area contributed by atoms with Crippen LogP contribution < -0.4 is 5.32 Å². The Kier molecular flexibility index (Phi) is 5.50. The Bertz CT molecular complexity index is 749. The first-order valence-corrected chi connectivity index (χ1v) is 7.74. The summed E-state index contributed by atoms with van der Waals surface area (Å²) >= 11 is 3.35. The molecule has 0 saturated heterocycles. The van der Waals surface area contributed by atoms with E-state index in [1.165, 1.54) is 30.1 Å². The molecule has 2 aromatic rings. The van der Waals surface area contributed by atoms with Crippen LogP contribution in [0.1, 0.15) is 15.9 Å². The maximum atomic E-state index is 13.6. The van der Waals surface area contributed by atoms with Gasteiger partial charge < -0.3 is 10.2 Å². The molecule has 0 heterocycles. The van der Waals surface area contributed by atoms with Crippen LogP contribution in [0, 0.1) is 12.7 Å². The van der Waals surface area contributed by atoms with Crippen molar-refractivity contribution < 1.29 is 14.0 Å². The predicted molar refractivity (Wildman–Crippen MR) is 90.9 cm³/mol. The van der Waals surface area contributed by atoms with E-state index >= 15 is 0 Å². The SMILES string of the molecule is Cc1cc(Br)ccc1NC(=O)CN(C)C(=O)c1ccccc1F. The fraction of sp³-hybridized carbons (Fsp3) is 0.176. The Morgan fingerprint density at radius 3 is 2.57 bits per heavy atom. The van der Waals surface area contributed by atoms with Gasteiger partial charge in [0.2, 0.25) is 5.91 Å². The fourth-order valence-corrected chi connectivity index (χ4v) is 2.56. The van der Waals surface area contributed by atoms with Gasteiger partial charge in [0.25, 0.3) is 5.91 Å². The molecule has 0 spiro atoms. The van der Waals surface area contributed by atoms with E-state index in [0.717, 1.165) is 10.0 Å². The molecule has 2 aromatic carbocycles. The summed E-state index contributed by atoms with van der Waals surface area (Å²) in [6.45, 7) is 1.71. The van der Waals surface area contributed by atoms with E-state index in [9.17, 15) is 14.0 Å². The molecule has 0 aliphatic rings. The van der Waals surface area contributed by atoms with Crippen molar-refractivity contribution in [1.29, 1.82) is 0 Å². The van der Waals surface area contributed by atoms with Crippen molar-refractivity contribution in [3.63, 3.8) is 0 Å². The number of rotatable bonds is 4. The summed E-state index contributed by atoms with van der Waals surface area (Å²) in [7, 11) is 1.46. The number of benzene rings is 2. The summed E-state index contributed by atoms with van der Waals surface area (Å²) in [6, 6.07) is 11.2. The number of carbonyl (C=O) groups excluding carboxylic acids is 2. The molecule has 4 nitrogen and oxygen atoms in total. The number of hydrogen-bond donors (Lipinski definition) is 1. The Hall–Kier alpha value is -2.21. The number of halogens is 2. The standard InChI is InChI=1S/C17H16BrFN2O2/c1-11-9-12(18)7-8-15(11)20-16(22)10-21(2)17(23)13-5-3-4-6-14(13)19/h3-9H,10H2,1-2H3,(H,20,22). The van der Waals surface area contributed by atoms with Crippen molar-refractivity contribution in [3.05, 3.63) is 63.9 Å². The van der Waals surface area contributed by atoms with Gasteiger partial charge in [0.1, 0.15) is 5.82 Å². The van der Waals surface area contributed by atoms with Crippen LogP contribution >= 0.6 is 15.9 Å². The molecule has 0 aliphatic heterocycles. The number of carbonyl (C=O) groups is 2. The first-order chi connectivity index (χ1) is 10.9. The second kappa shape index (κ2) is 7.37. The lowest BCUT2D eigenvalue weighted by molar-refractivity contribution is -0.116. The average Bonchev–Trinajstić information content (AvgIpc) is 2.50. The molecule has 1 N–H and O–H groups in total. The van der Waals surface area contributed by atoms with E-state index in [2.05, 4.69) is 21.2 Å². The molecule has 2 amide bonds. The summed E-state index contributed by atoms with van der Waals surface area (Å²) in [5.74, 6) is -1.48. The van der Waals surface area contributed by atoms with Gasteiger partial charge in [-0.15, -0.1) is 0 Å². The molecule has 0 saturated carbocycles. The van der Waals surface area contributed by atoms with Crippen molar-refractivity contribution in [3.8, 4) is 0 Å². The van der Waals surface area contributed by atoms with Crippen molar-refractivity contribution in [1.82, 2.24) is 4.90 Å². The van der Waals surface area contributed by atoms with Gasteiger partial charge in [0.05, 0.1) is 12.1 Å². The van der Waals surface area contributed by atoms with Gasteiger partial charge >= 0.3 is 0 Å². The maximum Gasteiger partial charge on any atom is 0.257 e. The lowest BCUT2D eigenvalue weighted by atomic mass is 10.2. The predicted octanol–water partition coefficient (Wildman–Crippen LogP) is 3.61. The highest BCUT2D eigenvalue weighted by Crippen LogP contribution is 2.20. The van der Waals surface area contributed by atoms with Crippen LogP contribution in [0.15, 0.2) is 46.9 Å². The Morgan fingerprint density at radius 1 is 1.22 bits per heavy atom. The minimum atomic E-state index is -0.603. The summed E-state index contributed by atoms with van der Waals surface area (Å²) in [5.41, 5.74) is 1.52. The maximum absolute atomic E-state index is 13.6. The fourth-order valence-electron chi connectivity index (χ4n) is 2.08. The largest absolute Gasteiger partial charge is 0.332 e. The Morgan fingerprint density at radius 2 is 1.91 bits per heavy atom. The molecule has 23 heavy (non-hydrogen) atoms. The monoisotopic (exact) mass is 378 g/mol. The van der Waals surface area contributed by atoms with E-state index in [1.807, 2.05) is 19.1 Å². The number of likely N-dealkylation sites (N-methyl/N-ethyl adjacent to an activating group) is 1. The normalized spacial score (nSPS) is 10.3. The topological polar surface area (TPSA) is 49.4 Å². The van der Waals surface area contributed by atoms with E-state index in [4.69, 9.17) is 0 Å². The smallest absolute Gasteiger partial charge is 0.257 e. The van der Waals surface area contributed by atoms with Crippen LogP contribution in [0.2, 0.25) is 0 Å². The van der Waals surface area contributed by atoms with Gasteiger partial charge in [0.15, 0.2) is 0 Å². The van der Waals surface area contributed by atoms with Crippen molar-refractivity contribution in [2.75, 3.05) is 18.9 Å². The van der Waals surface area contributed by atoms with Crippen LogP contribution in [0.4, 0.5) is 10.1 Å². The first kappa shape index (κ1) is 17.1. The number of nitrogens with one attached hydrogen (secondary N) is 1. The lowest BCUT2D eigenvalue weighted by Crippen LogP contribution is -2.35. The number of aryl methyl sites for hydroxylation is 1. The van der Waals surface area contributed by atoms with Gasteiger partial charge in [-0.3, -0.25) is 9.59 Å². The molecular weight excluding hydrogens is 363 g/mol. The van der Waals surface area contributed by atoms with Crippen molar-refractivity contribution in [2.24, 2.45) is 0 Å². The van der Waals surface area contributed by atoms with Gasteiger partial charge in [-0.2, -0.15) is 0 Å². The Balaban J connectivity index is 2.02. The molecule has 0 bridgehead atoms. The van der Waals surface area contributed by atoms with Crippen molar-refractivity contribution >= 4 is 33.4 Å².